The van der Waals surface area contributed by atoms with Crippen LogP contribution in [0.25, 0.3) is 0 Å². The number of hydrogen-bond donors (Lipinski definition) is 0. The van der Waals surface area contributed by atoms with E-state index in [1.54, 1.807) is 0 Å². The fourth-order valence-electron chi connectivity index (χ4n) is 8.95. The van der Waals surface area contributed by atoms with E-state index in [9.17, 15) is 14.4 Å². The Balaban J connectivity index is 4.45. The second kappa shape index (κ2) is 67.1. The molecule has 6 heteroatoms. The Hall–Kier alpha value is -4.45. The van der Waals surface area contributed by atoms with Crippen molar-refractivity contribution in [2.45, 2.75) is 303 Å². The van der Waals surface area contributed by atoms with Crippen LogP contribution in [0.5, 0.6) is 0 Å². The van der Waals surface area contributed by atoms with Crippen LogP contribution in [-0.2, 0) is 28.6 Å². The second-order valence-corrected chi connectivity index (χ2v) is 21.6. The van der Waals surface area contributed by atoms with E-state index in [1.165, 1.54) is 141 Å². The van der Waals surface area contributed by atoms with Gasteiger partial charge in [0, 0.05) is 19.3 Å². The largest absolute Gasteiger partial charge is 0.462 e. The molecule has 0 aliphatic heterocycles. The summed E-state index contributed by atoms with van der Waals surface area (Å²) < 4.78 is 16.9. The molecule has 0 fully saturated rings. The maximum atomic E-state index is 12.9. The molecule has 0 heterocycles. The molecule has 0 aromatic heterocycles. The Morgan fingerprint density at radius 1 is 0.263 bits per heavy atom. The van der Waals surface area contributed by atoms with Crippen LogP contribution in [0, 0.1) is 0 Å². The summed E-state index contributed by atoms with van der Waals surface area (Å²) >= 11 is 0. The Labute approximate surface area is 494 Å². The third-order valence-electron chi connectivity index (χ3n) is 13.9. The van der Waals surface area contributed by atoms with Crippen LogP contribution in [0.3, 0.4) is 0 Å². The normalized spacial score (nSPS) is 13.0. The number of ether oxygens (including phenoxy) is 3. The van der Waals surface area contributed by atoms with Crippen LogP contribution in [0.4, 0.5) is 0 Å². The Bertz CT molecular complexity index is 1700. The summed E-state index contributed by atoms with van der Waals surface area (Å²) in [5, 5.41) is 0. The van der Waals surface area contributed by atoms with Gasteiger partial charge in [-0.2, -0.15) is 0 Å². The quantitative estimate of drug-likeness (QED) is 0.0261. The van der Waals surface area contributed by atoms with Crippen molar-refractivity contribution in [3.8, 4) is 0 Å². The predicted octanol–water partition coefficient (Wildman–Crippen LogP) is 22.9. The van der Waals surface area contributed by atoms with Gasteiger partial charge in [-0.3, -0.25) is 14.4 Å². The van der Waals surface area contributed by atoms with Crippen molar-refractivity contribution in [1.82, 2.24) is 0 Å². The Kier molecular flexibility index (Phi) is 63.3. The molecule has 80 heavy (non-hydrogen) atoms. The van der Waals surface area contributed by atoms with Crippen LogP contribution < -0.4 is 0 Å². The highest BCUT2D eigenvalue weighted by atomic mass is 16.6. The first-order valence-corrected chi connectivity index (χ1v) is 33.2. The van der Waals surface area contributed by atoms with Crippen molar-refractivity contribution >= 4 is 17.9 Å². The molecule has 0 radical (unpaired) electrons. The van der Waals surface area contributed by atoms with E-state index in [4.69, 9.17) is 14.2 Å². The molecule has 1 atom stereocenters. The molecule has 0 saturated carbocycles. The van der Waals surface area contributed by atoms with E-state index in [0.29, 0.717) is 19.3 Å². The van der Waals surface area contributed by atoms with Crippen LogP contribution in [0.15, 0.2) is 134 Å². The second-order valence-electron chi connectivity index (χ2n) is 21.6. The molecule has 0 aliphatic rings. The van der Waals surface area contributed by atoms with Crippen LogP contribution in [0.2, 0.25) is 0 Å². The summed E-state index contributed by atoms with van der Waals surface area (Å²) in [6.07, 6.45) is 94.6. The van der Waals surface area contributed by atoms with E-state index < -0.39 is 6.10 Å². The maximum Gasteiger partial charge on any atom is 0.306 e. The SMILES string of the molecule is CC/C=C\C/C=C\C/C=C\C/C=C\C/C=C\C/C=C\C/C=C\C/C=C\C/C=C\CCCC(=O)OCC(COC(=O)CCCCCCCCCCCCCCCC)OC(=O)CCCCCCCCCCC/C=C\C/C=C\CCCCC. The molecular formula is C74H122O6. The van der Waals surface area contributed by atoms with Gasteiger partial charge in [-0.25, -0.2) is 0 Å². The van der Waals surface area contributed by atoms with Gasteiger partial charge >= 0.3 is 17.9 Å². The molecule has 0 N–H and O–H groups in total. The minimum atomic E-state index is -0.808. The van der Waals surface area contributed by atoms with Gasteiger partial charge in [0.05, 0.1) is 0 Å². The zero-order valence-corrected chi connectivity index (χ0v) is 52.0. The van der Waals surface area contributed by atoms with Crippen molar-refractivity contribution in [2.75, 3.05) is 13.2 Å². The summed E-state index contributed by atoms with van der Waals surface area (Å²) in [7, 11) is 0. The summed E-state index contributed by atoms with van der Waals surface area (Å²) in [6.45, 7) is 6.47. The summed E-state index contributed by atoms with van der Waals surface area (Å²) in [4.78, 5) is 38.3. The number of carbonyl (C=O) groups is 3. The average Bonchev–Trinajstić information content (AvgIpc) is 3.46. The highest BCUT2D eigenvalue weighted by molar-refractivity contribution is 5.71. The number of hydrogen-bond acceptors (Lipinski definition) is 6. The fourth-order valence-corrected chi connectivity index (χ4v) is 8.95. The molecule has 454 valence electrons. The number of allylic oxidation sites excluding steroid dienone is 22. The summed E-state index contributed by atoms with van der Waals surface area (Å²) in [5.41, 5.74) is 0. The van der Waals surface area contributed by atoms with Gasteiger partial charge in [0.1, 0.15) is 13.2 Å². The van der Waals surface area contributed by atoms with E-state index in [0.717, 1.165) is 109 Å². The third-order valence-corrected chi connectivity index (χ3v) is 13.9. The van der Waals surface area contributed by atoms with Crippen LogP contribution in [-0.4, -0.2) is 37.2 Å². The first kappa shape index (κ1) is 75.5. The number of rotatable bonds is 59. The van der Waals surface area contributed by atoms with Gasteiger partial charge in [0.15, 0.2) is 6.10 Å². The van der Waals surface area contributed by atoms with E-state index >= 15 is 0 Å². The van der Waals surface area contributed by atoms with Crippen LogP contribution >= 0.6 is 0 Å². The topological polar surface area (TPSA) is 78.9 Å². The molecular weight excluding hydrogens is 985 g/mol. The number of unbranched alkanes of at least 4 members (excludes halogenated alkanes) is 26. The molecule has 1 unspecified atom stereocenters. The summed E-state index contributed by atoms with van der Waals surface area (Å²) in [6, 6.07) is 0. The number of carbonyl (C=O) groups excluding carboxylic acids is 3. The first-order valence-electron chi connectivity index (χ1n) is 33.2. The Morgan fingerprint density at radius 2 is 0.500 bits per heavy atom. The first-order chi connectivity index (χ1) is 39.5. The zero-order valence-electron chi connectivity index (χ0n) is 52.0. The van der Waals surface area contributed by atoms with Crippen molar-refractivity contribution in [3.05, 3.63) is 134 Å². The van der Waals surface area contributed by atoms with Crippen molar-refractivity contribution in [2.24, 2.45) is 0 Å². The van der Waals surface area contributed by atoms with Gasteiger partial charge < -0.3 is 14.2 Å². The lowest BCUT2D eigenvalue weighted by Gasteiger charge is -2.18. The lowest BCUT2D eigenvalue weighted by atomic mass is 10.0. The van der Waals surface area contributed by atoms with E-state index in [1.807, 2.05) is 0 Å². The zero-order chi connectivity index (χ0) is 57.8. The average molecular weight is 1110 g/mol. The van der Waals surface area contributed by atoms with E-state index in [-0.39, 0.29) is 37.5 Å². The molecule has 0 saturated heterocycles. The predicted molar refractivity (Wildman–Crippen MR) is 348 cm³/mol. The van der Waals surface area contributed by atoms with Gasteiger partial charge in [-0.15, -0.1) is 0 Å². The molecule has 0 aromatic rings. The lowest BCUT2D eigenvalue weighted by molar-refractivity contribution is -0.167. The smallest absolute Gasteiger partial charge is 0.306 e. The molecule has 0 aliphatic carbocycles. The van der Waals surface area contributed by atoms with Crippen molar-refractivity contribution in [1.29, 1.82) is 0 Å². The van der Waals surface area contributed by atoms with Crippen LogP contribution in [0.1, 0.15) is 297 Å². The number of esters is 3. The minimum absolute atomic E-state index is 0.0984. The summed E-state index contributed by atoms with van der Waals surface area (Å²) in [5.74, 6) is -0.959. The fraction of sp³-hybridized carbons (Fsp3) is 0.662. The molecule has 0 rings (SSSR count). The highest BCUT2D eigenvalue weighted by Gasteiger charge is 2.19. The Morgan fingerprint density at radius 3 is 0.838 bits per heavy atom. The van der Waals surface area contributed by atoms with Crippen molar-refractivity contribution in [3.63, 3.8) is 0 Å². The maximum absolute atomic E-state index is 12.9. The highest BCUT2D eigenvalue weighted by Crippen LogP contribution is 2.16. The molecule has 6 nitrogen and oxygen atoms in total. The van der Waals surface area contributed by atoms with Gasteiger partial charge in [0.2, 0.25) is 0 Å². The molecule has 0 spiro atoms. The molecule has 0 amide bonds. The monoisotopic (exact) mass is 1110 g/mol. The van der Waals surface area contributed by atoms with Gasteiger partial charge in [0.25, 0.3) is 0 Å². The van der Waals surface area contributed by atoms with Crippen molar-refractivity contribution < 1.29 is 28.6 Å². The van der Waals surface area contributed by atoms with Gasteiger partial charge in [-0.1, -0.05) is 296 Å². The molecule has 0 aromatic carbocycles. The standard InChI is InChI=1S/C74H122O6/c1-4-7-10-13-16-19-22-25-28-30-32-33-34-35-36-37-38-39-40-41-43-44-46-49-52-55-58-61-64-67-73(76)79-70-71(69-78-72(75)66-63-60-57-54-51-48-27-24-21-18-15-12-9-6-3)80-74(77)68-65-62-59-56-53-50-47-45-42-31-29-26-23-20-17-14-11-8-5-2/h7,10,16-17,19-20,25-26,28-29,32-33,35-36,38-39,41,43,46,49,55,58,71H,4-6,8-9,11-15,18,21-24,27,30-31,34,37,40,42,44-45,47-48,50-54,56-57,59-70H2,1-3H3/b10-7-,19-16-,20-17-,28-25-,29-26-,33-32-,36-35-,39-38-,43-41-,49-46-,58-55-. The third kappa shape index (κ3) is 64.4. The van der Waals surface area contributed by atoms with E-state index in [2.05, 4.69) is 154 Å². The van der Waals surface area contributed by atoms with Gasteiger partial charge in [-0.05, 0) is 116 Å². The molecule has 0 bridgehead atoms. The lowest BCUT2D eigenvalue weighted by Crippen LogP contribution is -2.30. The minimum Gasteiger partial charge on any atom is -0.462 e.